The average Bonchev–Trinajstić information content (AvgIpc) is 2.72. The van der Waals surface area contributed by atoms with E-state index in [2.05, 4.69) is 5.32 Å². The molecule has 0 spiro atoms. The molecule has 0 aliphatic carbocycles. The Hall–Kier alpha value is -2.98. The van der Waals surface area contributed by atoms with Gasteiger partial charge in [0.2, 0.25) is 15.9 Å². The van der Waals surface area contributed by atoms with Crippen molar-refractivity contribution in [2.24, 2.45) is 0 Å². The minimum atomic E-state index is -3.76. The molecule has 0 aliphatic rings. The van der Waals surface area contributed by atoms with E-state index >= 15 is 0 Å². The first-order valence-corrected chi connectivity index (χ1v) is 10.5. The summed E-state index contributed by atoms with van der Waals surface area (Å²) in [6, 6.07) is 9.10. The highest BCUT2D eigenvalue weighted by atomic mass is 32.2. The monoisotopic (exact) mass is 438 g/mol. The number of halogens is 1. The number of carboxylic acids is 1. The molecular weight excluding hydrogens is 415 g/mol. The summed E-state index contributed by atoms with van der Waals surface area (Å²) in [5.41, 5.74) is 0.592. The summed E-state index contributed by atoms with van der Waals surface area (Å²) in [5.74, 6) is -1.73. The number of benzene rings is 2. The molecule has 1 amide bonds. The highest BCUT2D eigenvalue weighted by Gasteiger charge is 2.20. The molecule has 10 heteroatoms. The first kappa shape index (κ1) is 23.3. The van der Waals surface area contributed by atoms with Crippen LogP contribution in [0.1, 0.15) is 28.8 Å². The number of ether oxygens (including phenoxy) is 1. The molecule has 0 unspecified atom stereocenters. The summed E-state index contributed by atoms with van der Waals surface area (Å²) in [6.45, 7) is 0.242. The van der Waals surface area contributed by atoms with Gasteiger partial charge in [-0.05, 0) is 48.4 Å². The van der Waals surface area contributed by atoms with Crippen LogP contribution in [-0.2, 0) is 21.4 Å². The van der Waals surface area contributed by atoms with Crippen LogP contribution in [0.4, 0.5) is 4.39 Å². The fourth-order valence-electron chi connectivity index (χ4n) is 2.69. The molecule has 2 aromatic carbocycles. The maximum Gasteiger partial charge on any atom is 0.339 e. The molecule has 30 heavy (non-hydrogen) atoms. The molecule has 0 saturated heterocycles. The number of aromatic carboxylic acids is 1. The number of carboxylic acid groups (broad SMARTS) is 1. The van der Waals surface area contributed by atoms with Crippen molar-refractivity contribution in [1.29, 1.82) is 0 Å². The lowest BCUT2D eigenvalue weighted by molar-refractivity contribution is -0.121. The van der Waals surface area contributed by atoms with E-state index in [1.165, 1.54) is 38.4 Å². The molecule has 8 nitrogen and oxygen atoms in total. The third kappa shape index (κ3) is 6.01. The number of carbonyl (C=O) groups excluding carboxylic acids is 1. The second kappa shape index (κ2) is 10.2. The molecule has 2 aromatic rings. The second-order valence-electron chi connectivity index (χ2n) is 6.50. The standard InChI is InChI=1S/C20H23FN2O6S/c1-23(30(27,28)16-8-6-15(21)7-9-16)11-3-4-19(24)22-13-14-5-10-18(29-2)17(12-14)20(25)26/h5-10,12H,3-4,11,13H2,1-2H3,(H,22,24)(H,25,26). The zero-order valence-electron chi connectivity index (χ0n) is 16.6. The first-order valence-electron chi connectivity index (χ1n) is 9.04. The summed E-state index contributed by atoms with van der Waals surface area (Å²) in [4.78, 5) is 23.2. The van der Waals surface area contributed by atoms with Gasteiger partial charge in [0.1, 0.15) is 17.1 Å². The van der Waals surface area contributed by atoms with Crippen LogP contribution in [0.25, 0.3) is 0 Å². The zero-order chi connectivity index (χ0) is 22.3. The number of carbonyl (C=O) groups is 2. The molecule has 0 aliphatic heterocycles. The van der Waals surface area contributed by atoms with Crippen molar-refractivity contribution in [3.05, 3.63) is 59.4 Å². The molecule has 2 rings (SSSR count). The van der Waals surface area contributed by atoms with E-state index < -0.39 is 21.8 Å². The second-order valence-corrected chi connectivity index (χ2v) is 8.55. The third-order valence-corrected chi connectivity index (χ3v) is 6.25. The quantitative estimate of drug-likeness (QED) is 0.588. The number of methoxy groups -OCH3 is 1. The van der Waals surface area contributed by atoms with Gasteiger partial charge in [-0.15, -0.1) is 0 Å². The Bertz CT molecular complexity index is 1010. The predicted molar refractivity (Wildman–Crippen MR) is 107 cm³/mol. The lowest BCUT2D eigenvalue weighted by Crippen LogP contribution is -2.29. The van der Waals surface area contributed by atoms with Gasteiger partial charge in [-0.2, -0.15) is 0 Å². The van der Waals surface area contributed by atoms with E-state index in [1.807, 2.05) is 0 Å². The molecule has 0 aromatic heterocycles. The molecule has 0 bridgehead atoms. The number of sulfonamides is 1. The van der Waals surface area contributed by atoms with Gasteiger partial charge in [0, 0.05) is 26.6 Å². The molecule has 0 fully saturated rings. The van der Waals surface area contributed by atoms with E-state index in [-0.39, 0.29) is 48.0 Å². The predicted octanol–water partition coefficient (Wildman–Crippen LogP) is 2.25. The fraction of sp³-hybridized carbons (Fsp3) is 0.300. The van der Waals surface area contributed by atoms with Crippen LogP contribution in [0, 0.1) is 5.82 Å². The SMILES string of the molecule is COc1ccc(CNC(=O)CCCN(C)S(=O)(=O)c2ccc(F)cc2)cc1C(=O)O. The normalized spacial score (nSPS) is 11.3. The number of hydrogen-bond donors (Lipinski definition) is 2. The van der Waals surface area contributed by atoms with Crippen LogP contribution in [0.3, 0.4) is 0 Å². The Kier molecular flexibility index (Phi) is 7.90. The Labute approximate surface area is 174 Å². The van der Waals surface area contributed by atoms with Crippen LogP contribution < -0.4 is 10.1 Å². The van der Waals surface area contributed by atoms with Gasteiger partial charge in [-0.1, -0.05) is 6.07 Å². The maximum atomic E-state index is 13.0. The van der Waals surface area contributed by atoms with E-state index in [1.54, 1.807) is 6.07 Å². The highest BCUT2D eigenvalue weighted by molar-refractivity contribution is 7.89. The van der Waals surface area contributed by atoms with Crippen molar-refractivity contribution in [1.82, 2.24) is 9.62 Å². The van der Waals surface area contributed by atoms with Crippen LogP contribution in [0.15, 0.2) is 47.4 Å². The first-order chi connectivity index (χ1) is 14.1. The number of nitrogens with zero attached hydrogens (tertiary/aromatic N) is 1. The topological polar surface area (TPSA) is 113 Å². The van der Waals surface area contributed by atoms with Crippen LogP contribution in [0.5, 0.6) is 5.75 Å². The van der Waals surface area contributed by atoms with Gasteiger partial charge in [-0.25, -0.2) is 21.9 Å². The van der Waals surface area contributed by atoms with Gasteiger partial charge in [0.25, 0.3) is 0 Å². The largest absolute Gasteiger partial charge is 0.496 e. The Balaban J connectivity index is 1.84. The van der Waals surface area contributed by atoms with Crippen LogP contribution >= 0.6 is 0 Å². The van der Waals surface area contributed by atoms with Crippen LogP contribution in [-0.4, -0.2) is 50.4 Å². The van der Waals surface area contributed by atoms with Gasteiger partial charge in [-0.3, -0.25) is 4.79 Å². The van der Waals surface area contributed by atoms with Crippen molar-refractivity contribution in [2.45, 2.75) is 24.3 Å². The lowest BCUT2D eigenvalue weighted by Gasteiger charge is -2.17. The number of rotatable bonds is 10. The van der Waals surface area contributed by atoms with E-state index in [0.717, 1.165) is 16.4 Å². The maximum absolute atomic E-state index is 13.0. The zero-order valence-corrected chi connectivity index (χ0v) is 17.4. The summed E-state index contributed by atoms with van der Waals surface area (Å²) in [7, 11) is -0.999. The van der Waals surface area contributed by atoms with Crippen molar-refractivity contribution in [3.63, 3.8) is 0 Å². The van der Waals surface area contributed by atoms with Crippen molar-refractivity contribution in [2.75, 3.05) is 20.7 Å². The van der Waals surface area contributed by atoms with Gasteiger partial charge >= 0.3 is 5.97 Å². The molecule has 2 N–H and O–H groups in total. The van der Waals surface area contributed by atoms with Crippen molar-refractivity contribution in [3.8, 4) is 5.75 Å². The smallest absolute Gasteiger partial charge is 0.339 e. The molecule has 0 radical (unpaired) electrons. The minimum absolute atomic E-state index is 0.00289. The minimum Gasteiger partial charge on any atom is -0.496 e. The number of nitrogens with one attached hydrogen (secondary N) is 1. The van der Waals surface area contributed by atoms with Gasteiger partial charge < -0.3 is 15.2 Å². The third-order valence-electron chi connectivity index (χ3n) is 4.38. The Morgan fingerprint density at radius 1 is 1.17 bits per heavy atom. The fourth-order valence-corrected chi connectivity index (χ4v) is 3.90. The van der Waals surface area contributed by atoms with E-state index in [4.69, 9.17) is 4.74 Å². The molecule has 0 heterocycles. The Morgan fingerprint density at radius 3 is 2.43 bits per heavy atom. The summed E-state index contributed by atoms with van der Waals surface area (Å²) >= 11 is 0. The van der Waals surface area contributed by atoms with Gasteiger partial charge in [0.05, 0.1) is 12.0 Å². The van der Waals surface area contributed by atoms with E-state index in [9.17, 15) is 27.5 Å². The molecular formula is C20H23FN2O6S. The van der Waals surface area contributed by atoms with Gasteiger partial charge in [0.15, 0.2) is 0 Å². The summed E-state index contributed by atoms with van der Waals surface area (Å²) in [5, 5.41) is 11.9. The lowest BCUT2D eigenvalue weighted by atomic mass is 10.1. The van der Waals surface area contributed by atoms with Crippen molar-refractivity contribution >= 4 is 21.9 Å². The molecule has 162 valence electrons. The highest BCUT2D eigenvalue weighted by Crippen LogP contribution is 2.20. The molecule has 0 saturated carbocycles. The number of hydrogen-bond acceptors (Lipinski definition) is 5. The number of amides is 1. The summed E-state index contributed by atoms with van der Waals surface area (Å²) in [6.07, 6.45) is 0.372. The Morgan fingerprint density at radius 2 is 1.83 bits per heavy atom. The summed E-state index contributed by atoms with van der Waals surface area (Å²) < 4.78 is 43.9. The van der Waals surface area contributed by atoms with E-state index in [0.29, 0.717) is 5.56 Å². The average molecular weight is 438 g/mol. The van der Waals surface area contributed by atoms with Crippen LogP contribution in [0.2, 0.25) is 0 Å². The van der Waals surface area contributed by atoms with Crippen molar-refractivity contribution < 1.29 is 32.2 Å². The molecule has 0 atom stereocenters.